The van der Waals surface area contributed by atoms with Crippen LogP contribution in [-0.4, -0.2) is 0 Å². The van der Waals surface area contributed by atoms with Crippen molar-refractivity contribution in [2.24, 2.45) is 0 Å². The Balaban J connectivity index is 0.000000227. The number of halogens is 1. The molecule has 0 saturated carbocycles. The fraction of sp³-hybridized carbons (Fsp3) is 0. The van der Waals surface area contributed by atoms with Gasteiger partial charge in [0.2, 0.25) is 0 Å². The minimum Gasteiger partial charge on any atom is -0.184 e. The quantitative estimate of drug-likeness (QED) is 0.507. The third kappa shape index (κ3) is 7.03. The molecular formula is C12H9BrPd. The minimum atomic E-state index is 0. The summed E-state index contributed by atoms with van der Waals surface area (Å²) in [7, 11) is 0. The number of rotatable bonds is 0. The van der Waals surface area contributed by atoms with Gasteiger partial charge in [-0.15, -0.1) is 0 Å². The van der Waals surface area contributed by atoms with Crippen LogP contribution in [0, 0.1) is 12.1 Å². The van der Waals surface area contributed by atoms with Gasteiger partial charge in [-0.1, -0.05) is 20.4 Å². The molecule has 74 valence electrons. The summed E-state index contributed by atoms with van der Waals surface area (Å²) in [5.41, 5.74) is 0. The Hall–Kier alpha value is -0.418. The smallest absolute Gasteiger partial charge is 0.184 e. The normalized spacial score (nSPS) is 7.79. The van der Waals surface area contributed by atoms with Crippen molar-refractivity contribution in [2.45, 2.75) is 0 Å². The van der Waals surface area contributed by atoms with Gasteiger partial charge in [0, 0.05) is 0 Å². The third-order valence-electron chi connectivity index (χ3n) is 1.28. The third-order valence-corrected chi connectivity index (χ3v) is 1.81. The van der Waals surface area contributed by atoms with Gasteiger partial charge >= 0.3 is 20.4 Å². The summed E-state index contributed by atoms with van der Waals surface area (Å²) in [5.74, 6) is 0. The van der Waals surface area contributed by atoms with Gasteiger partial charge in [-0.25, -0.2) is 0 Å². The minimum absolute atomic E-state index is 0. The van der Waals surface area contributed by atoms with Gasteiger partial charge in [-0.2, -0.15) is 66.7 Å². The number of hydrogen-bond acceptors (Lipinski definition) is 0. The predicted octanol–water partition coefficient (Wildman–Crippen LogP) is 3.73. The molecule has 2 aromatic rings. The van der Waals surface area contributed by atoms with Crippen LogP contribution < -0.4 is 0 Å². The van der Waals surface area contributed by atoms with E-state index in [0.29, 0.717) is 0 Å². The van der Waals surface area contributed by atoms with Crippen LogP contribution in [0.2, 0.25) is 0 Å². The summed E-state index contributed by atoms with van der Waals surface area (Å²) in [6, 6.07) is 23.0. The van der Waals surface area contributed by atoms with Gasteiger partial charge in [0.15, 0.2) is 0 Å². The summed E-state index contributed by atoms with van der Waals surface area (Å²) >= 11 is 3.29. The first-order chi connectivity index (χ1) is 6.39. The van der Waals surface area contributed by atoms with Crippen LogP contribution in [-0.2, 0) is 20.4 Å². The standard InChI is InChI=1S/C6H4Br.C6H5.Pd/c7-6-4-2-1-3-5-6;1-2-4-6-5-3-1;/h2-5H;1-5H;/q2*-1;+2. The zero-order valence-electron chi connectivity index (χ0n) is 7.39. The average Bonchev–Trinajstić information content (AvgIpc) is 2.22. The molecule has 0 bridgehead atoms. The van der Waals surface area contributed by atoms with E-state index in [1.165, 1.54) is 0 Å². The molecule has 0 aliphatic carbocycles. The van der Waals surface area contributed by atoms with Crippen LogP contribution >= 0.6 is 15.9 Å². The van der Waals surface area contributed by atoms with Gasteiger partial charge in [-0.05, 0) is 0 Å². The molecule has 0 amide bonds. The second kappa shape index (κ2) is 9.15. The van der Waals surface area contributed by atoms with Gasteiger partial charge in [0.05, 0.1) is 0 Å². The van der Waals surface area contributed by atoms with Crippen molar-refractivity contribution in [2.75, 3.05) is 0 Å². The second-order valence-electron chi connectivity index (χ2n) is 2.30. The molecule has 0 fully saturated rings. The molecule has 0 atom stereocenters. The summed E-state index contributed by atoms with van der Waals surface area (Å²) in [5, 5.41) is 0. The van der Waals surface area contributed by atoms with E-state index >= 15 is 0 Å². The monoisotopic (exact) mass is 338 g/mol. The molecule has 0 radical (unpaired) electrons. The summed E-state index contributed by atoms with van der Waals surface area (Å²) in [6.45, 7) is 0. The van der Waals surface area contributed by atoms with Gasteiger partial charge in [0.25, 0.3) is 0 Å². The Morgan fingerprint density at radius 2 is 1.29 bits per heavy atom. The predicted molar refractivity (Wildman–Crippen MR) is 58.3 cm³/mol. The van der Waals surface area contributed by atoms with Crippen molar-refractivity contribution in [3.63, 3.8) is 0 Å². The second-order valence-corrected chi connectivity index (χ2v) is 3.21. The number of benzene rings is 2. The maximum Gasteiger partial charge on any atom is 2.00 e. The van der Waals surface area contributed by atoms with Gasteiger partial charge in [0.1, 0.15) is 0 Å². The van der Waals surface area contributed by atoms with Gasteiger partial charge in [-0.3, -0.25) is 0 Å². The van der Waals surface area contributed by atoms with E-state index in [2.05, 4.69) is 28.1 Å². The van der Waals surface area contributed by atoms with Crippen LogP contribution in [0.5, 0.6) is 0 Å². The Bertz CT molecular complexity index is 281. The summed E-state index contributed by atoms with van der Waals surface area (Å²) < 4.78 is 1.10. The van der Waals surface area contributed by atoms with E-state index in [0.717, 1.165) is 4.47 Å². The zero-order chi connectivity index (χ0) is 9.36. The van der Waals surface area contributed by atoms with E-state index in [1.807, 2.05) is 54.6 Å². The molecule has 0 nitrogen and oxygen atoms in total. The van der Waals surface area contributed by atoms with E-state index in [-0.39, 0.29) is 20.4 Å². The number of hydrogen-bond donors (Lipinski definition) is 0. The molecule has 0 aliphatic rings. The Labute approximate surface area is 107 Å². The first kappa shape index (κ1) is 13.6. The Kier molecular flexibility index (Phi) is 8.88. The van der Waals surface area contributed by atoms with Crippen LogP contribution in [0.4, 0.5) is 0 Å². The molecule has 0 aliphatic heterocycles. The molecule has 0 N–H and O–H groups in total. The first-order valence-electron chi connectivity index (χ1n) is 3.92. The fourth-order valence-corrected chi connectivity index (χ4v) is 0.973. The van der Waals surface area contributed by atoms with Crippen LogP contribution in [0.1, 0.15) is 0 Å². The van der Waals surface area contributed by atoms with Crippen molar-refractivity contribution < 1.29 is 20.4 Å². The van der Waals surface area contributed by atoms with Gasteiger partial charge < -0.3 is 0 Å². The maximum atomic E-state index is 3.29. The van der Waals surface area contributed by atoms with E-state index in [9.17, 15) is 0 Å². The van der Waals surface area contributed by atoms with Crippen molar-refractivity contribution in [1.82, 2.24) is 0 Å². The van der Waals surface area contributed by atoms with Crippen molar-refractivity contribution in [1.29, 1.82) is 0 Å². The largest absolute Gasteiger partial charge is 2.00 e. The molecule has 2 aromatic carbocycles. The van der Waals surface area contributed by atoms with E-state index in [4.69, 9.17) is 0 Å². The Morgan fingerprint density at radius 1 is 0.786 bits per heavy atom. The zero-order valence-corrected chi connectivity index (χ0v) is 10.5. The molecule has 2 heteroatoms. The SMILES string of the molecule is Brc1cc[c-]cc1.[Pd+2].[c-]1ccccc1. The Morgan fingerprint density at radius 3 is 1.50 bits per heavy atom. The molecule has 0 unspecified atom stereocenters. The van der Waals surface area contributed by atoms with E-state index in [1.54, 1.807) is 0 Å². The summed E-state index contributed by atoms with van der Waals surface area (Å²) in [4.78, 5) is 0. The van der Waals surface area contributed by atoms with E-state index < -0.39 is 0 Å². The first-order valence-corrected chi connectivity index (χ1v) is 4.71. The van der Waals surface area contributed by atoms with Crippen molar-refractivity contribution >= 4 is 15.9 Å². The molecule has 14 heavy (non-hydrogen) atoms. The van der Waals surface area contributed by atoms with Crippen LogP contribution in [0.25, 0.3) is 0 Å². The molecule has 2 rings (SSSR count). The molecule has 0 saturated heterocycles. The fourth-order valence-electron chi connectivity index (χ4n) is 0.708. The molecular weight excluding hydrogens is 330 g/mol. The van der Waals surface area contributed by atoms with Crippen molar-refractivity contribution in [3.05, 3.63) is 71.2 Å². The molecule has 0 spiro atoms. The average molecular weight is 340 g/mol. The van der Waals surface area contributed by atoms with Crippen molar-refractivity contribution in [3.8, 4) is 0 Å². The molecule has 0 heterocycles. The maximum absolute atomic E-state index is 3.29. The van der Waals surface area contributed by atoms with Crippen LogP contribution in [0.3, 0.4) is 0 Å². The molecule has 0 aromatic heterocycles. The van der Waals surface area contributed by atoms with Crippen LogP contribution in [0.15, 0.2) is 59.1 Å². The summed E-state index contributed by atoms with van der Waals surface area (Å²) in [6.07, 6.45) is 0. The topological polar surface area (TPSA) is 0 Å².